The SMILES string of the molecule is COCCNC(=O)c1ccccc1NC(=O)c1cc(-c2ccccc2)nc2onc(C)c12. The van der Waals surface area contributed by atoms with Gasteiger partial charge in [-0.25, -0.2) is 4.98 Å². The molecule has 8 nitrogen and oxygen atoms in total. The number of benzene rings is 2. The number of carbonyl (C=O) groups excluding carboxylic acids is 2. The third-order valence-electron chi connectivity index (χ3n) is 4.94. The lowest BCUT2D eigenvalue weighted by atomic mass is 10.0. The normalized spacial score (nSPS) is 10.8. The van der Waals surface area contributed by atoms with E-state index in [9.17, 15) is 9.59 Å². The molecule has 0 radical (unpaired) electrons. The fourth-order valence-electron chi connectivity index (χ4n) is 3.37. The second kappa shape index (κ2) is 9.40. The van der Waals surface area contributed by atoms with Gasteiger partial charge in [-0.15, -0.1) is 0 Å². The molecule has 0 spiro atoms. The van der Waals surface area contributed by atoms with Crippen LogP contribution in [0.2, 0.25) is 0 Å². The van der Waals surface area contributed by atoms with Crippen molar-refractivity contribution in [3.05, 3.63) is 77.5 Å². The number of rotatable bonds is 7. The summed E-state index contributed by atoms with van der Waals surface area (Å²) in [5.74, 6) is -0.693. The Morgan fingerprint density at radius 3 is 2.53 bits per heavy atom. The van der Waals surface area contributed by atoms with Crippen LogP contribution < -0.4 is 10.6 Å². The van der Waals surface area contributed by atoms with E-state index in [0.717, 1.165) is 5.56 Å². The van der Waals surface area contributed by atoms with Crippen LogP contribution in [0, 0.1) is 6.92 Å². The van der Waals surface area contributed by atoms with Gasteiger partial charge in [-0.05, 0) is 25.1 Å². The van der Waals surface area contributed by atoms with Gasteiger partial charge in [-0.1, -0.05) is 47.6 Å². The molecule has 2 heterocycles. The Morgan fingerprint density at radius 1 is 1.00 bits per heavy atom. The lowest BCUT2D eigenvalue weighted by Gasteiger charge is -2.12. The molecule has 0 atom stereocenters. The number of aryl methyl sites for hydroxylation is 1. The molecule has 0 bridgehead atoms. The van der Waals surface area contributed by atoms with Crippen LogP contribution in [0.3, 0.4) is 0 Å². The Hall–Kier alpha value is -4.04. The number of anilines is 1. The molecular formula is C24H22N4O4. The summed E-state index contributed by atoms with van der Waals surface area (Å²) in [6.45, 7) is 2.51. The maximum atomic E-state index is 13.3. The molecule has 8 heteroatoms. The van der Waals surface area contributed by atoms with Crippen LogP contribution in [0.15, 0.2) is 65.2 Å². The largest absolute Gasteiger partial charge is 0.383 e. The number of hydrogen-bond donors (Lipinski definition) is 2. The molecule has 4 aromatic rings. The van der Waals surface area contributed by atoms with Gasteiger partial charge in [0.2, 0.25) is 0 Å². The molecule has 0 fully saturated rings. The highest BCUT2D eigenvalue weighted by Crippen LogP contribution is 2.28. The van der Waals surface area contributed by atoms with E-state index in [1.807, 2.05) is 30.3 Å². The van der Waals surface area contributed by atoms with E-state index < -0.39 is 5.91 Å². The minimum absolute atomic E-state index is 0.277. The van der Waals surface area contributed by atoms with Crippen LogP contribution >= 0.6 is 0 Å². The Balaban J connectivity index is 1.70. The summed E-state index contributed by atoms with van der Waals surface area (Å²) in [7, 11) is 1.56. The molecule has 0 aliphatic heterocycles. The molecule has 0 saturated heterocycles. The molecule has 0 aliphatic carbocycles. The molecule has 2 N–H and O–H groups in total. The highest BCUT2D eigenvalue weighted by molar-refractivity contribution is 6.15. The summed E-state index contributed by atoms with van der Waals surface area (Å²) in [5.41, 5.74) is 3.38. The van der Waals surface area contributed by atoms with Gasteiger partial charge in [0.15, 0.2) is 0 Å². The first-order valence-electron chi connectivity index (χ1n) is 10.1. The van der Waals surface area contributed by atoms with E-state index in [1.54, 1.807) is 44.4 Å². The van der Waals surface area contributed by atoms with Crippen LogP contribution in [0.25, 0.3) is 22.4 Å². The third kappa shape index (κ3) is 4.35. The summed E-state index contributed by atoms with van der Waals surface area (Å²) in [5, 5.41) is 10.1. The van der Waals surface area contributed by atoms with E-state index in [2.05, 4.69) is 20.8 Å². The van der Waals surface area contributed by atoms with Crippen LogP contribution in [0.4, 0.5) is 5.69 Å². The lowest BCUT2D eigenvalue weighted by Crippen LogP contribution is -2.28. The second-order valence-electron chi connectivity index (χ2n) is 7.12. The van der Waals surface area contributed by atoms with Crippen LogP contribution in [-0.4, -0.2) is 42.2 Å². The zero-order valence-corrected chi connectivity index (χ0v) is 17.7. The van der Waals surface area contributed by atoms with Crippen molar-refractivity contribution in [1.29, 1.82) is 0 Å². The van der Waals surface area contributed by atoms with Gasteiger partial charge in [-0.3, -0.25) is 9.59 Å². The van der Waals surface area contributed by atoms with Crippen molar-refractivity contribution in [1.82, 2.24) is 15.5 Å². The Morgan fingerprint density at radius 2 is 1.75 bits per heavy atom. The number of methoxy groups -OCH3 is 1. The summed E-state index contributed by atoms with van der Waals surface area (Å²) in [6, 6.07) is 18.0. The van der Waals surface area contributed by atoms with Gasteiger partial charge in [0.25, 0.3) is 17.5 Å². The fourth-order valence-corrected chi connectivity index (χ4v) is 3.37. The van der Waals surface area contributed by atoms with E-state index >= 15 is 0 Å². The Labute approximate surface area is 184 Å². The van der Waals surface area contributed by atoms with Crippen LogP contribution in [0.1, 0.15) is 26.4 Å². The lowest BCUT2D eigenvalue weighted by molar-refractivity contribution is 0.0938. The van der Waals surface area contributed by atoms with Crippen molar-refractivity contribution in [3.8, 4) is 11.3 Å². The van der Waals surface area contributed by atoms with Crippen molar-refractivity contribution >= 4 is 28.6 Å². The molecule has 0 unspecified atom stereocenters. The predicted molar refractivity (Wildman–Crippen MR) is 121 cm³/mol. The van der Waals surface area contributed by atoms with Crippen molar-refractivity contribution in [2.75, 3.05) is 25.6 Å². The zero-order valence-electron chi connectivity index (χ0n) is 17.7. The highest BCUT2D eigenvalue weighted by atomic mass is 16.5. The first-order valence-corrected chi connectivity index (χ1v) is 10.1. The van der Waals surface area contributed by atoms with Crippen molar-refractivity contribution in [2.45, 2.75) is 6.92 Å². The minimum atomic E-state index is -0.391. The molecule has 0 saturated carbocycles. The monoisotopic (exact) mass is 430 g/mol. The molecule has 162 valence electrons. The van der Waals surface area contributed by atoms with Gasteiger partial charge < -0.3 is 19.9 Å². The van der Waals surface area contributed by atoms with Crippen molar-refractivity contribution < 1.29 is 18.8 Å². The van der Waals surface area contributed by atoms with E-state index in [4.69, 9.17) is 9.26 Å². The Bertz CT molecular complexity index is 1270. The highest BCUT2D eigenvalue weighted by Gasteiger charge is 2.21. The van der Waals surface area contributed by atoms with E-state index in [-0.39, 0.29) is 11.6 Å². The summed E-state index contributed by atoms with van der Waals surface area (Å²) in [6.07, 6.45) is 0. The minimum Gasteiger partial charge on any atom is -0.383 e. The molecule has 0 aliphatic rings. The maximum absolute atomic E-state index is 13.3. The number of ether oxygens (including phenoxy) is 1. The maximum Gasteiger partial charge on any atom is 0.259 e. The number of nitrogens with one attached hydrogen (secondary N) is 2. The van der Waals surface area contributed by atoms with Gasteiger partial charge >= 0.3 is 0 Å². The predicted octanol–water partition coefficient (Wildman–Crippen LogP) is 3.83. The summed E-state index contributed by atoms with van der Waals surface area (Å²) >= 11 is 0. The first-order chi connectivity index (χ1) is 15.6. The molecule has 32 heavy (non-hydrogen) atoms. The number of nitrogens with zero attached hydrogens (tertiary/aromatic N) is 2. The van der Waals surface area contributed by atoms with Crippen LogP contribution in [-0.2, 0) is 4.74 Å². The average molecular weight is 430 g/mol. The van der Waals surface area contributed by atoms with E-state index in [1.165, 1.54) is 0 Å². The fraction of sp³-hybridized carbons (Fsp3) is 0.167. The standard InChI is InChI=1S/C24H22N4O4/c1-15-21-18(14-20(27-24(21)32-28-15)16-8-4-3-5-9-16)23(30)26-19-11-7-6-10-17(19)22(29)25-12-13-31-2/h3-11,14H,12-13H2,1-2H3,(H,25,29)(H,26,30). The van der Waals surface area contributed by atoms with Crippen molar-refractivity contribution in [2.24, 2.45) is 0 Å². The number of amides is 2. The Kier molecular flexibility index (Phi) is 6.23. The van der Waals surface area contributed by atoms with Gasteiger partial charge in [0.1, 0.15) is 0 Å². The van der Waals surface area contributed by atoms with Gasteiger partial charge in [0, 0.05) is 19.2 Å². The topological polar surface area (TPSA) is 106 Å². The number of aromatic nitrogens is 2. The number of pyridine rings is 1. The quantitative estimate of drug-likeness (QED) is 0.432. The summed E-state index contributed by atoms with van der Waals surface area (Å²) in [4.78, 5) is 30.4. The number of para-hydroxylation sites is 1. The zero-order chi connectivity index (χ0) is 22.5. The third-order valence-corrected chi connectivity index (χ3v) is 4.94. The molecule has 2 aromatic carbocycles. The molecule has 4 rings (SSSR count). The molecular weight excluding hydrogens is 408 g/mol. The first kappa shape index (κ1) is 21.2. The van der Waals surface area contributed by atoms with Crippen LogP contribution in [0.5, 0.6) is 0 Å². The molecule has 2 aromatic heterocycles. The summed E-state index contributed by atoms with van der Waals surface area (Å²) < 4.78 is 10.3. The smallest absolute Gasteiger partial charge is 0.259 e. The average Bonchev–Trinajstić information content (AvgIpc) is 3.20. The van der Waals surface area contributed by atoms with Gasteiger partial charge in [0.05, 0.1) is 40.2 Å². The number of hydrogen-bond acceptors (Lipinski definition) is 6. The number of carbonyl (C=O) groups is 2. The van der Waals surface area contributed by atoms with Gasteiger partial charge in [-0.2, -0.15) is 0 Å². The van der Waals surface area contributed by atoms with E-state index in [0.29, 0.717) is 46.7 Å². The number of fused-ring (bicyclic) bond motifs is 1. The second-order valence-corrected chi connectivity index (χ2v) is 7.12. The van der Waals surface area contributed by atoms with Crippen molar-refractivity contribution in [3.63, 3.8) is 0 Å². The molecule has 2 amide bonds.